The Balaban J connectivity index is 1.73. The second-order valence-corrected chi connectivity index (χ2v) is 6.30. The topological polar surface area (TPSA) is 92.7 Å². The highest BCUT2D eigenvalue weighted by molar-refractivity contribution is 6.04. The maximum Gasteiger partial charge on any atom is 0.262 e. The molecule has 2 N–H and O–H groups in total. The van der Waals surface area contributed by atoms with Crippen molar-refractivity contribution in [2.45, 2.75) is 26.2 Å². The Morgan fingerprint density at radius 2 is 2.00 bits per heavy atom. The third kappa shape index (κ3) is 3.01. The van der Waals surface area contributed by atoms with Gasteiger partial charge in [0.15, 0.2) is 0 Å². The van der Waals surface area contributed by atoms with Crippen molar-refractivity contribution in [3.05, 3.63) is 68.8 Å². The number of fused-ring (bicyclic) bond motifs is 1. The number of halogens is 2. The van der Waals surface area contributed by atoms with Crippen molar-refractivity contribution in [2.24, 2.45) is 0 Å². The first kappa shape index (κ1) is 17.1. The second kappa shape index (κ2) is 6.42. The number of aromatic nitrogens is 4. The first-order valence-electron chi connectivity index (χ1n) is 8.38. The minimum absolute atomic E-state index is 0.137. The van der Waals surface area contributed by atoms with Gasteiger partial charge in [-0.05, 0) is 38.3 Å². The maximum atomic E-state index is 13.9. The molecule has 1 aromatic carbocycles. The van der Waals surface area contributed by atoms with Gasteiger partial charge in [-0.2, -0.15) is 9.78 Å². The van der Waals surface area contributed by atoms with E-state index in [-0.39, 0.29) is 17.3 Å². The molecule has 0 fully saturated rings. The number of benzene rings is 1. The van der Waals surface area contributed by atoms with Crippen LogP contribution < -0.4 is 10.9 Å². The van der Waals surface area contributed by atoms with Gasteiger partial charge in [0.1, 0.15) is 23.0 Å². The molecule has 0 radical (unpaired) electrons. The van der Waals surface area contributed by atoms with E-state index in [1.165, 1.54) is 16.8 Å². The van der Waals surface area contributed by atoms with Crippen molar-refractivity contribution < 1.29 is 13.6 Å². The van der Waals surface area contributed by atoms with Gasteiger partial charge in [-0.15, -0.1) is 0 Å². The molecule has 138 valence electrons. The van der Waals surface area contributed by atoms with E-state index in [0.717, 1.165) is 18.6 Å². The summed E-state index contributed by atoms with van der Waals surface area (Å²) in [6.07, 6.45) is 2.21. The third-order valence-electron chi connectivity index (χ3n) is 4.39. The number of anilines is 1. The van der Waals surface area contributed by atoms with Crippen molar-refractivity contribution in [1.29, 1.82) is 0 Å². The fourth-order valence-electron chi connectivity index (χ4n) is 3.17. The van der Waals surface area contributed by atoms with Gasteiger partial charge in [0.25, 0.3) is 11.5 Å². The van der Waals surface area contributed by atoms with E-state index in [1.54, 1.807) is 6.92 Å². The molecule has 9 heteroatoms. The minimum Gasteiger partial charge on any atom is -0.306 e. The fourth-order valence-corrected chi connectivity index (χ4v) is 3.17. The third-order valence-corrected chi connectivity index (χ3v) is 4.39. The number of nitrogens with zero attached hydrogens (tertiary/aromatic N) is 3. The second-order valence-electron chi connectivity index (χ2n) is 6.30. The van der Waals surface area contributed by atoms with Gasteiger partial charge in [-0.3, -0.25) is 14.6 Å². The first-order chi connectivity index (χ1) is 12.9. The molecule has 0 aliphatic heterocycles. The summed E-state index contributed by atoms with van der Waals surface area (Å²) < 4.78 is 28.9. The van der Waals surface area contributed by atoms with Gasteiger partial charge in [0, 0.05) is 11.6 Å². The molecule has 27 heavy (non-hydrogen) atoms. The summed E-state index contributed by atoms with van der Waals surface area (Å²) in [7, 11) is 0. The van der Waals surface area contributed by atoms with E-state index in [4.69, 9.17) is 0 Å². The summed E-state index contributed by atoms with van der Waals surface area (Å²) in [6, 6.07) is 4.69. The standard InChI is InChI=1S/C18H15F2N5O2/c1-9-8-14(22-17(27)15-11(19)5-3-6-12(15)20)25(24-9)18-21-13-7-2-4-10(13)16(26)23-18/h3,5-6,8H,2,4,7H2,1H3,(H,22,27)(H,21,23,26). The quantitative estimate of drug-likeness (QED) is 0.739. The zero-order valence-electron chi connectivity index (χ0n) is 14.3. The predicted octanol–water partition coefficient (Wildman–Crippen LogP) is 2.28. The Bertz CT molecular complexity index is 1100. The highest BCUT2D eigenvalue weighted by atomic mass is 19.1. The lowest BCUT2D eigenvalue weighted by atomic mass is 10.2. The Kier molecular flexibility index (Phi) is 4.06. The van der Waals surface area contributed by atoms with Crippen LogP contribution >= 0.6 is 0 Å². The Labute approximate surface area is 152 Å². The van der Waals surface area contributed by atoms with Crippen LogP contribution in [0.3, 0.4) is 0 Å². The molecule has 1 aliphatic carbocycles. The highest BCUT2D eigenvalue weighted by Crippen LogP contribution is 2.20. The lowest BCUT2D eigenvalue weighted by molar-refractivity contribution is 0.101. The van der Waals surface area contributed by atoms with Crippen LogP contribution in [-0.2, 0) is 12.8 Å². The zero-order valence-corrected chi connectivity index (χ0v) is 14.3. The highest BCUT2D eigenvalue weighted by Gasteiger charge is 2.22. The van der Waals surface area contributed by atoms with Crippen LogP contribution in [0.5, 0.6) is 0 Å². The van der Waals surface area contributed by atoms with Gasteiger partial charge < -0.3 is 5.32 Å². The number of amides is 1. The van der Waals surface area contributed by atoms with Crippen LogP contribution in [0.15, 0.2) is 29.1 Å². The Morgan fingerprint density at radius 1 is 1.26 bits per heavy atom. The molecule has 3 aromatic rings. The molecule has 4 rings (SSSR count). The van der Waals surface area contributed by atoms with Crippen LogP contribution in [0, 0.1) is 18.6 Å². The number of aryl methyl sites for hydroxylation is 2. The molecule has 7 nitrogen and oxygen atoms in total. The van der Waals surface area contributed by atoms with Crippen molar-refractivity contribution in [2.75, 3.05) is 5.32 Å². The molecule has 0 bridgehead atoms. The summed E-state index contributed by atoms with van der Waals surface area (Å²) in [5.74, 6) is -2.63. The molecule has 0 spiro atoms. The zero-order chi connectivity index (χ0) is 19.1. The van der Waals surface area contributed by atoms with Crippen LogP contribution in [0.2, 0.25) is 0 Å². The number of carbonyl (C=O) groups is 1. The fraction of sp³-hybridized carbons (Fsp3) is 0.222. The molecule has 2 heterocycles. The van der Waals surface area contributed by atoms with Crippen molar-refractivity contribution in [3.8, 4) is 5.95 Å². The van der Waals surface area contributed by atoms with Crippen molar-refractivity contribution in [1.82, 2.24) is 19.7 Å². The van der Waals surface area contributed by atoms with Crippen LogP contribution in [0.4, 0.5) is 14.6 Å². The Hall–Kier alpha value is -3.36. The lowest BCUT2D eigenvalue weighted by Crippen LogP contribution is -2.22. The summed E-state index contributed by atoms with van der Waals surface area (Å²) >= 11 is 0. The number of hydrogen-bond acceptors (Lipinski definition) is 4. The molecule has 1 amide bonds. The summed E-state index contributed by atoms with van der Waals surface area (Å²) in [5, 5.41) is 6.66. The smallest absolute Gasteiger partial charge is 0.262 e. The van der Waals surface area contributed by atoms with Crippen LogP contribution in [0.25, 0.3) is 5.95 Å². The molecule has 0 saturated carbocycles. The van der Waals surface area contributed by atoms with E-state index in [9.17, 15) is 18.4 Å². The molecular weight excluding hydrogens is 356 g/mol. The van der Waals surface area contributed by atoms with E-state index < -0.39 is 23.1 Å². The minimum atomic E-state index is -0.973. The molecule has 0 saturated heterocycles. The van der Waals surface area contributed by atoms with E-state index >= 15 is 0 Å². The summed E-state index contributed by atoms with van der Waals surface area (Å²) in [5.41, 5.74) is 0.930. The molecule has 2 aromatic heterocycles. The molecule has 0 atom stereocenters. The van der Waals surface area contributed by atoms with Crippen LogP contribution in [-0.4, -0.2) is 25.7 Å². The Morgan fingerprint density at radius 3 is 2.74 bits per heavy atom. The summed E-state index contributed by atoms with van der Waals surface area (Å²) in [4.78, 5) is 31.7. The normalized spacial score (nSPS) is 12.9. The predicted molar refractivity (Wildman–Crippen MR) is 93.1 cm³/mol. The average Bonchev–Trinajstić information content (AvgIpc) is 3.21. The number of H-pyrrole nitrogens is 1. The van der Waals surface area contributed by atoms with E-state index in [2.05, 4.69) is 20.4 Å². The van der Waals surface area contributed by atoms with Gasteiger partial charge in [0.2, 0.25) is 5.95 Å². The number of nitrogens with one attached hydrogen (secondary N) is 2. The molecule has 1 aliphatic rings. The number of carbonyl (C=O) groups excluding carboxylic acids is 1. The van der Waals surface area contributed by atoms with Gasteiger partial charge >= 0.3 is 0 Å². The van der Waals surface area contributed by atoms with Gasteiger partial charge in [0.05, 0.1) is 11.4 Å². The number of rotatable bonds is 3. The monoisotopic (exact) mass is 371 g/mol. The lowest BCUT2D eigenvalue weighted by Gasteiger charge is -2.10. The van der Waals surface area contributed by atoms with Crippen molar-refractivity contribution >= 4 is 11.7 Å². The average molecular weight is 371 g/mol. The molecular formula is C18H15F2N5O2. The van der Waals surface area contributed by atoms with E-state index in [1.807, 2.05) is 0 Å². The SMILES string of the molecule is Cc1cc(NC(=O)c2c(F)cccc2F)n(-c2nc3c(c(=O)[nH]2)CCC3)n1. The maximum absolute atomic E-state index is 13.9. The molecule has 0 unspecified atom stereocenters. The van der Waals surface area contributed by atoms with Gasteiger partial charge in [-0.25, -0.2) is 13.8 Å². The largest absolute Gasteiger partial charge is 0.306 e. The van der Waals surface area contributed by atoms with Crippen molar-refractivity contribution in [3.63, 3.8) is 0 Å². The first-order valence-corrected chi connectivity index (χ1v) is 8.38. The summed E-state index contributed by atoms with van der Waals surface area (Å²) in [6.45, 7) is 1.68. The van der Waals surface area contributed by atoms with Gasteiger partial charge in [-0.1, -0.05) is 6.07 Å². The number of aromatic amines is 1. The van der Waals surface area contributed by atoms with E-state index in [0.29, 0.717) is 29.8 Å². The van der Waals surface area contributed by atoms with Crippen LogP contribution in [0.1, 0.15) is 33.7 Å². The number of hydrogen-bond donors (Lipinski definition) is 2.